The minimum atomic E-state index is -1.40. The molecule has 0 aliphatic heterocycles. The second-order valence-electron chi connectivity index (χ2n) is 13.9. The van der Waals surface area contributed by atoms with Crippen LogP contribution in [-0.2, 0) is 0 Å². The molecular weight excluding hydrogens is 452 g/mol. The van der Waals surface area contributed by atoms with Crippen molar-refractivity contribution in [3.63, 3.8) is 0 Å². The number of rotatable bonds is 11. The molecule has 2 heteroatoms. The van der Waals surface area contributed by atoms with Gasteiger partial charge in [-0.25, -0.2) is 0 Å². The molecule has 204 valence electrons. The first kappa shape index (κ1) is 28.4. The van der Waals surface area contributed by atoms with Crippen LogP contribution in [0.25, 0.3) is 0 Å². The molecule has 0 heterocycles. The molecule has 1 aromatic rings. The lowest BCUT2D eigenvalue weighted by Gasteiger charge is -2.41. The van der Waals surface area contributed by atoms with E-state index in [1.165, 1.54) is 57.4 Å². The fourth-order valence-corrected chi connectivity index (χ4v) is 10.9. The van der Waals surface area contributed by atoms with Crippen molar-refractivity contribution < 1.29 is 5.11 Å². The first-order valence-corrected chi connectivity index (χ1v) is 19.4. The molecular formula is C34H58OSi. The van der Waals surface area contributed by atoms with Crippen LogP contribution in [0.1, 0.15) is 128 Å². The average molecular weight is 511 g/mol. The van der Waals surface area contributed by atoms with Crippen LogP contribution in [-0.4, -0.2) is 19.8 Å². The summed E-state index contributed by atoms with van der Waals surface area (Å²) < 4.78 is 0. The molecule has 3 aliphatic rings. The van der Waals surface area contributed by atoms with E-state index in [0.717, 1.165) is 41.9 Å². The topological polar surface area (TPSA) is 20.2 Å². The van der Waals surface area contributed by atoms with Crippen LogP contribution >= 0.6 is 0 Å². The highest BCUT2D eigenvalue weighted by Gasteiger charge is 2.35. The first-order valence-electron chi connectivity index (χ1n) is 16.2. The molecule has 1 nitrogen and oxygen atoms in total. The van der Waals surface area contributed by atoms with Gasteiger partial charge in [0, 0.05) is 6.61 Å². The number of aliphatic hydroxyl groups is 1. The van der Waals surface area contributed by atoms with E-state index in [2.05, 4.69) is 44.3 Å². The summed E-state index contributed by atoms with van der Waals surface area (Å²) in [6.45, 7) is 7.58. The van der Waals surface area contributed by atoms with Crippen LogP contribution in [0.5, 0.6) is 0 Å². The van der Waals surface area contributed by atoms with Gasteiger partial charge >= 0.3 is 0 Å². The van der Waals surface area contributed by atoms with Crippen LogP contribution in [0, 0.1) is 29.6 Å². The molecule has 3 saturated carbocycles. The van der Waals surface area contributed by atoms with Crippen LogP contribution in [0.15, 0.2) is 24.3 Å². The van der Waals surface area contributed by atoms with E-state index < -0.39 is 8.07 Å². The molecule has 3 fully saturated rings. The van der Waals surface area contributed by atoms with Crippen molar-refractivity contribution in [3.8, 4) is 0 Å². The summed E-state index contributed by atoms with van der Waals surface area (Å²) >= 11 is 0. The van der Waals surface area contributed by atoms with Gasteiger partial charge in [0.15, 0.2) is 0 Å². The number of hydrogen-bond acceptors (Lipinski definition) is 1. The SMILES string of the molecule is CCCCCC1CCC(C2CCC(C3CCC(c4ccc([Si](C)(C)CCCO)cc4)CC3)CC2)CC1. The molecule has 0 bridgehead atoms. The summed E-state index contributed by atoms with van der Waals surface area (Å²) in [7, 11) is -1.40. The zero-order valence-corrected chi connectivity index (χ0v) is 25.2. The average Bonchev–Trinajstić information content (AvgIpc) is 2.93. The lowest BCUT2D eigenvalue weighted by atomic mass is 9.64. The molecule has 0 saturated heterocycles. The summed E-state index contributed by atoms with van der Waals surface area (Å²) in [5, 5.41) is 10.8. The molecule has 0 atom stereocenters. The molecule has 1 aromatic carbocycles. The monoisotopic (exact) mass is 510 g/mol. The lowest BCUT2D eigenvalue weighted by Crippen LogP contribution is -2.41. The van der Waals surface area contributed by atoms with E-state index in [9.17, 15) is 5.11 Å². The van der Waals surface area contributed by atoms with Crippen molar-refractivity contribution in [1.29, 1.82) is 0 Å². The lowest BCUT2D eigenvalue weighted by molar-refractivity contribution is 0.108. The van der Waals surface area contributed by atoms with Gasteiger partial charge < -0.3 is 5.11 Å². The Morgan fingerprint density at radius 3 is 1.67 bits per heavy atom. The zero-order chi connectivity index (χ0) is 25.4. The standard InChI is InChI=1S/C34H58OSi/c1-4-5-6-8-27-9-11-28(12-10-27)29-13-15-30(16-14-29)31-17-19-32(20-18-31)33-21-23-34(24-22-33)36(2,3)26-7-25-35/h21-24,27-32,35H,4-20,25-26H2,1-3H3. The predicted molar refractivity (Wildman–Crippen MR) is 160 cm³/mol. The number of hydrogen-bond donors (Lipinski definition) is 1. The van der Waals surface area contributed by atoms with Gasteiger partial charge in [0.2, 0.25) is 0 Å². The van der Waals surface area contributed by atoms with E-state index >= 15 is 0 Å². The van der Waals surface area contributed by atoms with Crippen molar-refractivity contribution in [1.82, 2.24) is 0 Å². The van der Waals surface area contributed by atoms with Crippen LogP contribution in [0.2, 0.25) is 19.1 Å². The Morgan fingerprint density at radius 1 is 0.667 bits per heavy atom. The normalized spacial score (nSPS) is 31.9. The maximum absolute atomic E-state index is 9.24. The number of aliphatic hydroxyl groups excluding tert-OH is 1. The van der Waals surface area contributed by atoms with Gasteiger partial charge in [0.1, 0.15) is 0 Å². The molecule has 36 heavy (non-hydrogen) atoms. The second-order valence-corrected chi connectivity index (χ2v) is 18.7. The Labute approximate surface area is 225 Å². The minimum absolute atomic E-state index is 0.333. The molecule has 0 aromatic heterocycles. The van der Waals surface area contributed by atoms with Crippen molar-refractivity contribution in [3.05, 3.63) is 29.8 Å². The van der Waals surface area contributed by atoms with Crippen molar-refractivity contribution >= 4 is 13.3 Å². The zero-order valence-electron chi connectivity index (χ0n) is 24.2. The van der Waals surface area contributed by atoms with Crippen molar-refractivity contribution in [2.45, 2.75) is 141 Å². The van der Waals surface area contributed by atoms with Gasteiger partial charge in [-0.2, -0.15) is 0 Å². The van der Waals surface area contributed by atoms with Gasteiger partial charge in [0.05, 0.1) is 8.07 Å². The van der Waals surface area contributed by atoms with Gasteiger partial charge in [0.25, 0.3) is 0 Å². The Bertz CT molecular complexity index is 731. The Kier molecular flexibility index (Phi) is 11.0. The van der Waals surface area contributed by atoms with E-state index in [1.807, 2.05) is 0 Å². The molecule has 0 radical (unpaired) electrons. The maximum Gasteiger partial charge on any atom is 0.0807 e. The number of benzene rings is 1. The van der Waals surface area contributed by atoms with Crippen LogP contribution in [0.4, 0.5) is 0 Å². The van der Waals surface area contributed by atoms with E-state index in [4.69, 9.17) is 0 Å². The van der Waals surface area contributed by atoms with Gasteiger partial charge in [-0.3, -0.25) is 0 Å². The van der Waals surface area contributed by atoms with Gasteiger partial charge in [-0.1, -0.05) is 94.0 Å². The quantitative estimate of drug-likeness (QED) is 0.232. The third-order valence-corrected chi connectivity index (χ3v) is 14.7. The molecule has 0 spiro atoms. The molecule has 0 unspecified atom stereocenters. The predicted octanol–water partition coefficient (Wildman–Crippen LogP) is 9.45. The van der Waals surface area contributed by atoms with Gasteiger partial charge in [-0.15, -0.1) is 0 Å². The summed E-state index contributed by atoms with van der Waals surface area (Å²) in [6.07, 6.45) is 24.9. The molecule has 3 aliphatic carbocycles. The Balaban J connectivity index is 1.17. The maximum atomic E-state index is 9.24. The highest BCUT2D eigenvalue weighted by Crippen LogP contribution is 2.47. The minimum Gasteiger partial charge on any atom is -0.396 e. The highest BCUT2D eigenvalue weighted by molar-refractivity contribution is 6.89. The fraction of sp³-hybridized carbons (Fsp3) is 0.824. The molecule has 0 amide bonds. The van der Waals surface area contributed by atoms with Crippen molar-refractivity contribution in [2.24, 2.45) is 29.6 Å². The third kappa shape index (κ3) is 7.72. The van der Waals surface area contributed by atoms with Crippen molar-refractivity contribution in [2.75, 3.05) is 6.61 Å². The summed E-state index contributed by atoms with van der Waals surface area (Å²) in [6, 6.07) is 11.0. The number of unbranched alkanes of at least 4 members (excludes halogenated alkanes) is 2. The summed E-state index contributed by atoms with van der Waals surface area (Å²) in [4.78, 5) is 0. The highest BCUT2D eigenvalue weighted by atomic mass is 28.3. The third-order valence-electron chi connectivity index (χ3n) is 11.2. The Morgan fingerprint density at radius 2 is 1.17 bits per heavy atom. The molecule has 4 rings (SSSR count). The smallest absolute Gasteiger partial charge is 0.0807 e. The summed E-state index contributed by atoms with van der Waals surface area (Å²) in [5.41, 5.74) is 1.60. The summed E-state index contributed by atoms with van der Waals surface area (Å²) in [5.74, 6) is 6.05. The van der Waals surface area contributed by atoms with Crippen LogP contribution < -0.4 is 5.19 Å². The largest absolute Gasteiger partial charge is 0.396 e. The van der Waals surface area contributed by atoms with Crippen LogP contribution in [0.3, 0.4) is 0 Å². The first-order chi connectivity index (χ1) is 17.5. The Hall–Kier alpha value is -0.603. The van der Waals surface area contributed by atoms with Gasteiger partial charge in [-0.05, 0) is 112 Å². The van der Waals surface area contributed by atoms with E-state index in [-0.39, 0.29) is 0 Å². The second kappa shape index (κ2) is 14.0. The molecule has 1 N–H and O–H groups in total. The van der Waals surface area contributed by atoms with E-state index in [0.29, 0.717) is 6.61 Å². The fourth-order valence-electron chi connectivity index (χ4n) is 8.51. The van der Waals surface area contributed by atoms with E-state index in [1.54, 1.807) is 62.1 Å².